The minimum absolute atomic E-state index is 0.196. The minimum atomic E-state index is -0.754. The fraction of sp³-hybridized carbons (Fsp3) is 0.286. The standard InChI is InChI=1S/C21H23N3O4S/c1-14(21(26)23(2)13-17-6-5-11-29-17)24-19(25)12-18(28-4)20(22-24)15-7-9-16(27-3)10-8-15/h5-12,14H,13H2,1-4H3/t14-/m1/s1. The molecule has 0 radical (unpaired) electrons. The van der Waals surface area contributed by atoms with Gasteiger partial charge in [0.05, 0.1) is 20.8 Å². The molecule has 0 bridgehead atoms. The molecule has 0 fully saturated rings. The number of ether oxygens (including phenoxy) is 2. The normalized spacial score (nSPS) is 11.7. The van der Waals surface area contributed by atoms with Crippen LogP contribution in [-0.2, 0) is 11.3 Å². The number of hydrogen-bond donors (Lipinski definition) is 0. The number of rotatable bonds is 7. The molecule has 2 heterocycles. The third-order valence-corrected chi connectivity index (χ3v) is 5.44. The van der Waals surface area contributed by atoms with Crippen molar-refractivity contribution in [2.45, 2.75) is 19.5 Å². The zero-order valence-electron chi connectivity index (χ0n) is 16.8. The van der Waals surface area contributed by atoms with E-state index >= 15 is 0 Å². The molecule has 1 amide bonds. The van der Waals surface area contributed by atoms with E-state index in [2.05, 4.69) is 5.10 Å². The van der Waals surface area contributed by atoms with Crippen LogP contribution in [0.1, 0.15) is 17.8 Å². The number of thiophene rings is 1. The highest BCUT2D eigenvalue weighted by atomic mass is 32.1. The monoisotopic (exact) mass is 413 g/mol. The van der Waals surface area contributed by atoms with Crippen LogP contribution in [0.5, 0.6) is 11.5 Å². The van der Waals surface area contributed by atoms with Gasteiger partial charge >= 0.3 is 0 Å². The van der Waals surface area contributed by atoms with Crippen LogP contribution in [0, 0.1) is 0 Å². The van der Waals surface area contributed by atoms with Crippen LogP contribution in [0.25, 0.3) is 11.3 Å². The van der Waals surface area contributed by atoms with Gasteiger partial charge in [-0.15, -0.1) is 11.3 Å². The molecule has 1 aromatic carbocycles. The number of carbonyl (C=O) groups excluding carboxylic acids is 1. The molecule has 1 atom stereocenters. The van der Waals surface area contributed by atoms with Crippen molar-refractivity contribution in [1.29, 1.82) is 0 Å². The quantitative estimate of drug-likeness (QED) is 0.595. The lowest BCUT2D eigenvalue weighted by molar-refractivity contribution is -0.133. The number of amides is 1. The molecule has 0 N–H and O–H groups in total. The van der Waals surface area contributed by atoms with E-state index in [0.29, 0.717) is 23.7 Å². The Kier molecular flexibility index (Phi) is 6.33. The Bertz CT molecular complexity index is 1030. The second-order valence-electron chi connectivity index (χ2n) is 6.52. The fourth-order valence-electron chi connectivity index (χ4n) is 2.97. The predicted molar refractivity (Wildman–Crippen MR) is 113 cm³/mol. The molecular weight excluding hydrogens is 390 g/mol. The molecule has 0 unspecified atom stereocenters. The first-order valence-corrected chi connectivity index (χ1v) is 9.92. The lowest BCUT2D eigenvalue weighted by atomic mass is 10.1. The van der Waals surface area contributed by atoms with Crippen molar-refractivity contribution >= 4 is 17.2 Å². The van der Waals surface area contributed by atoms with Crippen LogP contribution in [0.2, 0.25) is 0 Å². The van der Waals surface area contributed by atoms with E-state index in [4.69, 9.17) is 9.47 Å². The van der Waals surface area contributed by atoms with Crippen molar-refractivity contribution in [2.75, 3.05) is 21.3 Å². The van der Waals surface area contributed by atoms with Gasteiger partial charge in [-0.3, -0.25) is 9.59 Å². The Hall–Kier alpha value is -3.13. The van der Waals surface area contributed by atoms with Crippen LogP contribution in [0.3, 0.4) is 0 Å². The summed E-state index contributed by atoms with van der Waals surface area (Å²) in [5, 5.41) is 6.43. The van der Waals surface area contributed by atoms with Crippen molar-refractivity contribution in [3.05, 3.63) is 63.1 Å². The molecule has 7 nitrogen and oxygen atoms in total. The molecule has 3 rings (SSSR count). The molecule has 0 aliphatic carbocycles. The zero-order valence-corrected chi connectivity index (χ0v) is 17.6. The summed E-state index contributed by atoms with van der Waals surface area (Å²) >= 11 is 1.58. The molecule has 0 aliphatic rings. The maximum Gasteiger partial charge on any atom is 0.271 e. The van der Waals surface area contributed by atoms with Gasteiger partial charge in [0.15, 0.2) is 5.75 Å². The highest BCUT2D eigenvalue weighted by molar-refractivity contribution is 7.09. The van der Waals surface area contributed by atoms with E-state index in [0.717, 1.165) is 10.4 Å². The summed E-state index contributed by atoms with van der Waals surface area (Å²) in [5.74, 6) is 0.863. The van der Waals surface area contributed by atoms with Crippen LogP contribution in [-0.4, -0.2) is 41.9 Å². The van der Waals surface area contributed by atoms with Crippen molar-refractivity contribution in [3.63, 3.8) is 0 Å². The van der Waals surface area contributed by atoms with Gasteiger partial charge in [0, 0.05) is 23.6 Å². The van der Waals surface area contributed by atoms with Crippen molar-refractivity contribution < 1.29 is 14.3 Å². The Morgan fingerprint density at radius 2 is 1.93 bits per heavy atom. The van der Waals surface area contributed by atoms with Gasteiger partial charge in [0.1, 0.15) is 17.5 Å². The number of aromatic nitrogens is 2. The summed E-state index contributed by atoms with van der Waals surface area (Å²) in [4.78, 5) is 28.2. The Morgan fingerprint density at radius 3 is 2.52 bits per heavy atom. The first kappa shape index (κ1) is 20.6. The minimum Gasteiger partial charge on any atom is -0.497 e. The number of benzene rings is 1. The average Bonchev–Trinajstić information content (AvgIpc) is 3.25. The maximum atomic E-state index is 12.9. The summed E-state index contributed by atoms with van der Waals surface area (Å²) < 4.78 is 11.7. The molecule has 29 heavy (non-hydrogen) atoms. The summed E-state index contributed by atoms with van der Waals surface area (Å²) in [5.41, 5.74) is 0.836. The number of hydrogen-bond acceptors (Lipinski definition) is 6. The highest BCUT2D eigenvalue weighted by Gasteiger charge is 2.23. The summed E-state index contributed by atoms with van der Waals surface area (Å²) in [6.45, 7) is 2.16. The topological polar surface area (TPSA) is 73.7 Å². The second-order valence-corrected chi connectivity index (χ2v) is 7.55. The summed E-state index contributed by atoms with van der Waals surface area (Å²) in [6.07, 6.45) is 0. The third-order valence-electron chi connectivity index (χ3n) is 4.58. The third kappa shape index (κ3) is 4.48. The number of carbonyl (C=O) groups is 1. The van der Waals surface area contributed by atoms with Crippen molar-refractivity contribution in [1.82, 2.24) is 14.7 Å². The average molecular weight is 413 g/mol. The van der Waals surface area contributed by atoms with Gasteiger partial charge in [0.25, 0.3) is 5.56 Å². The SMILES string of the molecule is COc1ccc(-c2nn([C@H](C)C(=O)N(C)Cc3cccs3)c(=O)cc2OC)cc1. The molecule has 3 aromatic rings. The van der Waals surface area contributed by atoms with Crippen LogP contribution in [0.15, 0.2) is 52.6 Å². The molecule has 0 aliphatic heterocycles. The molecule has 0 saturated carbocycles. The van der Waals surface area contributed by atoms with Gasteiger partial charge < -0.3 is 14.4 Å². The molecule has 0 spiro atoms. The van der Waals surface area contributed by atoms with Crippen LogP contribution >= 0.6 is 11.3 Å². The smallest absolute Gasteiger partial charge is 0.271 e. The molecular formula is C21H23N3O4S. The molecule has 8 heteroatoms. The Balaban J connectivity index is 1.93. The predicted octanol–water partition coefficient (Wildman–Crippen LogP) is 3.21. The number of methoxy groups -OCH3 is 2. The zero-order chi connectivity index (χ0) is 21.0. The van der Waals surface area contributed by atoms with Crippen LogP contribution in [0.4, 0.5) is 0 Å². The highest BCUT2D eigenvalue weighted by Crippen LogP contribution is 2.28. The molecule has 0 saturated heterocycles. The summed E-state index contributed by atoms with van der Waals surface area (Å²) in [6, 6.07) is 11.8. The molecule has 2 aromatic heterocycles. The lowest BCUT2D eigenvalue weighted by Gasteiger charge is -2.22. The summed E-state index contributed by atoms with van der Waals surface area (Å²) in [7, 11) is 4.79. The Labute approximate surface area is 173 Å². The van der Waals surface area contributed by atoms with Crippen LogP contribution < -0.4 is 15.0 Å². The van der Waals surface area contributed by atoms with Crippen molar-refractivity contribution in [3.8, 4) is 22.8 Å². The lowest BCUT2D eigenvalue weighted by Crippen LogP contribution is -2.37. The van der Waals surface area contributed by atoms with Gasteiger partial charge in [0.2, 0.25) is 5.91 Å². The molecule has 152 valence electrons. The van der Waals surface area contributed by atoms with E-state index in [9.17, 15) is 9.59 Å². The first-order valence-electron chi connectivity index (χ1n) is 9.04. The fourth-order valence-corrected chi connectivity index (χ4v) is 3.73. The second kappa shape index (κ2) is 8.91. The van der Waals surface area contributed by atoms with E-state index in [1.165, 1.54) is 17.9 Å². The van der Waals surface area contributed by atoms with Gasteiger partial charge in [-0.1, -0.05) is 6.07 Å². The van der Waals surface area contributed by atoms with E-state index in [1.54, 1.807) is 49.5 Å². The van der Waals surface area contributed by atoms with Gasteiger partial charge in [-0.05, 0) is 42.6 Å². The van der Waals surface area contributed by atoms with E-state index in [-0.39, 0.29) is 5.91 Å². The largest absolute Gasteiger partial charge is 0.497 e. The first-order chi connectivity index (χ1) is 13.9. The van der Waals surface area contributed by atoms with Gasteiger partial charge in [-0.2, -0.15) is 5.10 Å². The van der Waals surface area contributed by atoms with Gasteiger partial charge in [-0.25, -0.2) is 4.68 Å². The number of nitrogens with zero attached hydrogens (tertiary/aromatic N) is 3. The maximum absolute atomic E-state index is 12.9. The number of likely N-dealkylation sites (N-methyl/N-ethyl adjacent to an activating group) is 1. The van der Waals surface area contributed by atoms with E-state index in [1.807, 2.05) is 29.6 Å². The van der Waals surface area contributed by atoms with E-state index < -0.39 is 11.6 Å². The Morgan fingerprint density at radius 1 is 1.21 bits per heavy atom. The van der Waals surface area contributed by atoms with Crippen molar-refractivity contribution in [2.24, 2.45) is 0 Å².